The highest BCUT2D eigenvalue weighted by Gasteiger charge is 2.47. The molecule has 1 aliphatic carbocycles. The summed E-state index contributed by atoms with van der Waals surface area (Å²) in [5.74, 6) is 2.09. The number of aromatic nitrogens is 2. The number of hydrogen-bond acceptors (Lipinski definition) is 9. The molecule has 4 fully saturated rings. The van der Waals surface area contributed by atoms with Crippen LogP contribution in [0.2, 0.25) is 0 Å². The minimum absolute atomic E-state index is 0.00337. The van der Waals surface area contributed by atoms with Gasteiger partial charge in [0, 0.05) is 61.7 Å². The van der Waals surface area contributed by atoms with Gasteiger partial charge in [0.05, 0.1) is 29.7 Å². The molecule has 0 radical (unpaired) electrons. The lowest BCUT2D eigenvalue weighted by Crippen LogP contribution is -2.60. The molecule has 0 amide bonds. The Kier molecular flexibility index (Phi) is 6.94. The average molecular weight is 654 g/mol. The summed E-state index contributed by atoms with van der Waals surface area (Å²) in [7, 11) is 1.76. The number of halogens is 2. The number of phenols is 1. The summed E-state index contributed by atoms with van der Waals surface area (Å²) in [6, 6.07) is 7.88. The van der Waals surface area contributed by atoms with E-state index in [1.165, 1.54) is 24.3 Å². The van der Waals surface area contributed by atoms with Crippen molar-refractivity contribution in [3.05, 3.63) is 47.5 Å². The van der Waals surface area contributed by atoms with Crippen molar-refractivity contribution in [3.8, 4) is 41.0 Å². The van der Waals surface area contributed by atoms with E-state index in [1.54, 1.807) is 13.2 Å². The third kappa shape index (κ3) is 4.84. The van der Waals surface area contributed by atoms with Crippen molar-refractivity contribution >= 4 is 27.5 Å². The van der Waals surface area contributed by atoms with Gasteiger partial charge in [0.15, 0.2) is 5.82 Å². The molecule has 2 N–H and O–H groups in total. The Morgan fingerprint density at radius 2 is 1.98 bits per heavy atom. The first-order chi connectivity index (χ1) is 23.3. The van der Waals surface area contributed by atoms with E-state index in [0.717, 1.165) is 51.7 Å². The maximum absolute atomic E-state index is 17.1. The van der Waals surface area contributed by atoms with Crippen LogP contribution in [-0.4, -0.2) is 90.7 Å². The Bertz CT molecular complexity index is 2010. The van der Waals surface area contributed by atoms with Crippen molar-refractivity contribution < 1.29 is 28.1 Å². The molecule has 48 heavy (non-hydrogen) atoms. The Morgan fingerprint density at radius 1 is 1.10 bits per heavy atom. The summed E-state index contributed by atoms with van der Waals surface area (Å²) in [6.07, 6.45) is 11.2. The minimum atomic E-state index is -0.648. The molecule has 3 aromatic carbocycles. The monoisotopic (exact) mass is 653 g/mol. The Hall–Kier alpha value is -4.24. The first kappa shape index (κ1) is 29.9. The molecule has 3 saturated heterocycles. The first-order valence-electron chi connectivity index (χ1n) is 16.8. The van der Waals surface area contributed by atoms with E-state index < -0.39 is 11.6 Å². The zero-order valence-corrected chi connectivity index (χ0v) is 26.8. The summed E-state index contributed by atoms with van der Waals surface area (Å²) in [6.45, 7) is 4.31. The lowest BCUT2D eigenvalue weighted by Gasteiger charge is -2.40. The Balaban J connectivity index is 1.17. The van der Waals surface area contributed by atoms with Crippen LogP contribution in [0.25, 0.3) is 32.8 Å². The van der Waals surface area contributed by atoms with Gasteiger partial charge in [-0.2, -0.15) is 9.97 Å². The van der Waals surface area contributed by atoms with Gasteiger partial charge in [-0.3, -0.25) is 4.90 Å². The highest BCUT2D eigenvalue weighted by molar-refractivity contribution is 6.06. The first-order valence-corrected chi connectivity index (χ1v) is 16.8. The number of anilines is 1. The molecule has 248 valence electrons. The highest BCUT2D eigenvalue weighted by Crippen LogP contribution is 2.49. The van der Waals surface area contributed by atoms with Gasteiger partial charge in [-0.05, 0) is 67.3 Å². The van der Waals surface area contributed by atoms with Crippen molar-refractivity contribution in [3.63, 3.8) is 0 Å². The number of nitrogens with one attached hydrogen (secondary N) is 1. The maximum Gasteiger partial charge on any atom is 0.319 e. The van der Waals surface area contributed by atoms with Crippen molar-refractivity contribution in [2.24, 2.45) is 5.41 Å². The van der Waals surface area contributed by atoms with E-state index in [4.69, 9.17) is 30.6 Å². The molecule has 4 aromatic rings. The molecule has 5 heterocycles. The van der Waals surface area contributed by atoms with Gasteiger partial charge in [0.25, 0.3) is 0 Å². The fourth-order valence-electron chi connectivity index (χ4n) is 8.43. The number of fused-ring (bicyclic) bond motifs is 6. The van der Waals surface area contributed by atoms with E-state index in [0.29, 0.717) is 53.5 Å². The number of phenolic OH excluding ortho intramolecular Hbond substituents is 1. The summed E-state index contributed by atoms with van der Waals surface area (Å²) in [4.78, 5) is 14.4. The van der Waals surface area contributed by atoms with Gasteiger partial charge in [-0.25, -0.2) is 8.78 Å². The minimum Gasteiger partial charge on any atom is -0.508 e. The number of rotatable bonds is 7. The van der Waals surface area contributed by atoms with Crippen LogP contribution < -0.4 is 19.7 Å². The predicted molar refractivity (Wildman–Crippen MR) is 178 cm³/mol. The molecular weight excluding hydrogens is 616 g/mol. The van der Waals surface area contributed by atoms with Crippen LogP contribution in [0, 0.1) is 29.4 Å². The smallest absolute Gasteiger partial charge is 0.319 e. The topological polar surface area (TPSA) is 92.2 Å². The second-order valence-corrected chi connectivity index (χ2v) is 14.2. The molecule has 11 heteroatoms. The van der Waals surface area contributed by atoms with E-state index in [1.807, 2.05) is 0 Å². The van der Waals surface area contributed by atoms with Crippen LogP contribution in [0.1, 0.15) is 37.7 Å². The fraction of sp³-hybridized carbons (Fsp3) is 0.459. The molecule has 9 nitrogen and oxygen atoms in total. The van der Waals surface area contributed by atoms with E-state index in [-0.39, 0.29) is 57.6 Å². The molecule has 2 bridgehead atoms. The van der Waals surface area contributed by atoms with Gasteiger partial charge >= 0.3 is 6.01 Å². The highest BCUT2D eigenvalue weighted by atomic mass is 19.1. The SMILES string of the molecule is C#Cc1c(F)ccc2cc(O)cc(-c3cc4c5c(nc(OCC6(CN7CC[C@@H](OC)C7)CC6)nc5c3F)N3C[C@H]5CC[C@H](N5)[C@H]3CO4)c12. The number of nitrogens with zero attached hydrogens (tertiary/aromatic N) is 4. The third-order valence-corrected chi connectivity index (χ3v) is 11.1. The molecule has 5 aliphatic rings. The molecule has 4 atom stereocenters. The number of benzene rings is 3. The second-order valence-electron chi connectivity index (χ2n) is 14.2. The van der Waals surface area contributed by atoms with Crippen molar-refractivity contribution in [2.75, 3.05) is 51.4 Å². The lowest BCUT2D eigenvalue weighted by molar-refractivity contribution is 0.100. The molecular formula is C37H37F2N5O4. The van der Waals surface area contributed by atoms with E-state index in [9.17, 15) is 9.50 Å². The average Bonchev–Trinajstić information content (AvgIpc) is 3.57. The summed E-state index contributed by atoms with van der Waals surface area (Å²) in [5, 5.41) is 15.7. The number of ether oxygens (including phenoxy) is 3. The molecule has 1 aromatic heterocycles. The second kappa shape index (κ2) is 11.2. The number of terminal acetylenes is 1. The molecule has 1 saturated carbocycles. The van der Waals surface area contributed by atoms with Crippen LogP contribution in [-0.2, 0) is 4.74 Å². The van der Waals surface area contributed by atoms with Crippen molar-refractivity contribution in [2.45, 2.75) is 56.3 Å². The van der Waals surface area contributed by atoms with E-state index in [2.05, 4.69) is 21.0 Å². The Labute approximate surface area is 277 Å². The quantitative estimate of drug-likeness (QED) is 0.268. The van der Waals surface area contributed by atoms with Crippen LogP contribution >= 0.6 is 0 Å². The summed E-state index contributed by atoms with van der Waals surface area (Å²) >= 11 is 0. The van der Waals surface area contributed by atoms with Gasteiger partial charge in [-0.1, -0.05) is 12.0 Å². The standard InChI is InChI=1S/C37H37F2N5O4/c1-3-24-27(38)6-4-20-12-22(45)13-25(31(20)24)26-14-30-32-34(33(26)39)41-36(48-19-37(9-10-37)18-43-11-8-23(16-43)46-2)42-35(32)44-15-21-5-7-28(40-21)29(44)17-47-30/h1,4,6,12-14,21,23,28-29,40,45H,5,7-11,15-19H2,2H3/t21-,23-,28+,29-/m1/s1. The van der Waals surface area contributed by atoms with Gasteiger partial charge < -0.3 is 29.5 Å². The maximum atomic E-state index is 17.1. The zero-order valence-electron chi connectivity index (χ0n) is 26.8. The number of likely N-dealkylation sites (tertiary alicyclic amines) is 1. The van der Waals surface area contributed by atoms with Gasteiger partial charge in [-0.15, -0.1) is 6.42 Å². The van der Waals surface area contributed by atoms with Crippen LogP contribution in [0.15, 0.2) is 30.3 Å². The van der Waals surface area contributed by atoms with Crippen LogP contribution in [0.5, 0.6) is 17.5 Å². The molecule has 9 rings (SSSR count). The largest absolute Gasteiger partial charge is 0.508 e. The molecule has 0 spiro atoms. The molecule has 0 unspecified atom stereocenters. The van der Waals surface area contributed by atoms with Gasteiger partial charge in [0.1, 0.15) is 35.3 Å². The van der Waals surface area contributed by atoms with Gasteiger partial charge in [0.2, 0.25) is 0 Å². The number of hydrogen-bond donors (Lipinski definition) is 2. The summed E-state index contributed by atoms with van der Waals surface area (Å²) in [5.41, 5.74) is 0.382. The lowest BCUT2D eigenvalue weighted by atomic mass is 9.92. The molecule has 4 aliphatic heterocycles. The van der Waals surface area contributed by atoms with Crippen LogP contribution in [0.4, 0.5) is 14.6 Å². The summed E-state index contributed by atoms with van der Waals surface area (Å²) < 4.78 is 50.6. The van der Waals surface area contributed by atoms with Crippen molar-refractivity contribution in [1.82, 2.24) is 20.2 Å². The number of aromatic hydroxyl groups is 1. The van der Waals surface area contributed by atoms with Crippen LogP contribution in [0.3, 0.4) is 0 Å². The number of methoxy groups -OCH3 is 1. The zero-order chi connectivity index (χ0) is 32.7. The normalized spacial score (nSPS) is 25.5. The third-order valence-electron chi connectivity index (χ3n) is 11.1. The number of piperazine rings is 1. The Morgan fingerprint density at radius 3 is 2.77 bits per heavy atom. The van der Waals surface area contributed by atoms with Crippen molar-refractivity contribution in [1.29, 1.82) is 0 Å². The fourth-order valence-corrected chi connectivity index (χ4v) is 8.43. The van der Waals surface area contributed by atoms with E-state index >= 15 is 4.39 Å². The predicted octanol–water partition coefficient (Wildman–Crippen LogP) is 5.00.